The summed E-state index contributed by atoms with van der Waals surface area (Å²) in [5, 5.41) is 0. The molecule has 0 radical (unpaired) electrons. The number of benzene rings is 1. The van der Waals surface area contributed by atoms with E-state index in [2.05, 4.69) is 25.9 Å². The standard InChI is InChI=1S/C14H9BrFN3/c15-11-3-6-14(18-7-11)19-9-17-8-13(19)10-1-4-12(16)5-2-10/h1-9H. The third-order valence-corrected chi connectivity index (χ3v) is 3.21. The first kappa shape index (κ1) is 12.0. The smallest absolute Gasteiger partial charge is 0.138 e. The first-order chi connectivity index (χ1) is 9.24. The maximum Gasteiger partial charge on any atom is 0.138 e. The lowest BCUT2D eigenvalue weighted by Gasteiger charge is -2.07. The highest BCUT2D eigenvalue weighted by molar-refractivity contribution is 9.10. The zero-order valence-corrected chi connectivity index (χ0v) is 11.4. The number of halogens is 2. The van der Waals surface area contributed by atoms with E-state index in [4.69, 9.17) is 0 Å². The van der Waals surface area contributed by atoms with Crippen molar-refractivity contribution >= 4 is 15.9 Å². The Morgan fingerprint density at radius 2 is 1.79 bits per heavy atom. The van der Waals surface area contributed by atoms with E-state index < -0.39 is 0 Å². The number of rotatable bonds is 2. The normalized spacial score (nSPS) is 10.6. The maximum atomic E-state index is 13.0. The van der Waals surface area contributed by atoms with E-state index in [0.717, 1.165) is 21.5 Å². The molecule has 1 aromatic carbocycles. The molecule has 3 nitrogen and oxygen atoms in total. The minimum atomic E-state index is -0.253. The fourth-order valence-electron chi connectivity index (χ4n) is 1.82. The van der Waals surface area contributed by atoms with Gasteiger partial charge in [0.05, 0.1) is 11.9 Å². The zero-order chi connectivity index (χ0) is 13.2. The van der Waals surface area contributed by atoms with Gasteiger partial charge in [0.2, 0.25) is 0 Å². The Balaban J connectivity index is 2.07. The minimum absolute atomic E-state index is 0.253. The lowest BCUT2D eigenvalue weighted by Crippen LogP contribution is -1.97. The summed E-state index contributed by atoms with van der Waals surface area (Å²) >= 11 is 3.35. The van der Waals surface area contributed by atoms with Gasteiger partial charge in [0, 0.05) is 16.2 Å². The topological polar surface area (TPSA) is 30.7 Å². The Kier molecular flexibility index (Phi) is 3.13. The van der Waals surface area contributed by atoms with Crippen LogP contribution in [-0.4, -0.2) is 14.5 Å². The summed E-state index contributed by atoms with van der Waals surface area (Å²) in [6.45, 7) is 0. The second kappa shape index (κ2) is 4.93. The van der Waals surface area contributed by atoms with Crippen molar-refractivity contribution in [1.82, 2.24) is 14.5 Å². The van der Waals surface area contributed by atoms with Crippen LogP contribution in [0.15, 0.2) is 59.6 Å². The highest BCUT2D eigenvalue weighted by atomic mass is 79.9. The molecule has 0 atom stereocenters. The van der Waals surface area contributed by atoms with Crippen molar-refractivity contribution in [3.8, 4) is 17.1 Å². The molecular weight excluding hydrogens is 309 g/mol. The van der Waals surface area contributed by atoms with Crippen LogP contribution in [0.5, 0.6) is 0 Å². The minimum Gasteiger partial charge on any atom is -0.283 e. The van der Waals surface area contributed by atoms with Crippen LogP contribution in [-0.2, 0) is 0 Å². The summed E-state index contributed by atoms with van der Waals surface area (Å²) in [5.74, 6) is 0.511. The van der Waals surface area contributed by atoms with Crippen LogP contribution in [0.1, 0.15) is 0 Å². The van der Waals surface area contributed by atoms with Gasteiger partial charge in [-0.15, -0.1) is 0 Å². The molecule has 19 heavy (non-hydrogen) atoms. The summed E-state index contributed by atoms with van der Waals surface area (Å²) in [4.78, 5) is 8.46. The maximum absolute atomic E-state index is 13.0. The predicted octanol–water partition coefficient (Wildman–Crippen LogP) is 3.84. The van der Waals surface area contributed by atoms with E-state index in [9.17, 15) is 4.39 Å². The van der Waals surface area contributed by atoms with Gasteiger partial charge in [0.1, 0.15) is 18.0 Å². The Morgan fingerprint density at radius 3 is 2.47 bits per heavy atom. The van der Waals surface area contributed by atoms with Crippen LogP contribution in [0.2, 0.25) is 0 Å². The van der Waals surface area contributed by atoms with Gasteiger partial charge in [-0.25, -0.2) is 14.4 Å². The van der Waals surface area contributed by atoms with Crippen LogP contribution < -0.4 is 0 Å². The summed E-state index contributed by atoms with van der Waals surface area (Å²) in [6, 6.07) is 10.1. The molecule has 0 fully saturated rings. The quantitative estimate of drug-likeness (QED) is 0.719. The number of hydrogen-bond acceptors (Lipinski definition) is 2. The molecule has 3 aromatic rings. The van der Waals surface area contributed by atoms with Crippen molar-refractivity contribution in [3.63, 3.8) is 0 Å². The molecule has 3 rings (SSSR count). The van der Waals surface area contributed by atoms with Crippen molar-refractivity contribution in [1.29, 1.82) is 0 Å². The highest BCUT2D eigenvalue weighted by Crippen LogP contribution is 2.22. The van der Waals surface area contributed by atoms with Crippen molar-refractivity contribution < 1.29 is 4.39 Å². The van der Waals surface area contributed by atoms with Crippen LogP contribution in [0.4, 0.5) is 4.39 Å². The SMILES string of the molecule is Fc1ccc(-c2cncn2-c2ccc(Br)cn2)cc1. The monoisotopic (exact) mass is 317 g/mol. The Labute approximate surface area is 117 Å². The molecule has 0 saturated carbocycles. The van der Waals surface area contributed by atoms with Crippen LogP contribution in [0, 0.1) is 5.82 Å². The van der Waals surface area contributed by atoms with Crippen molar-refractivity contribution in [2.75, 3.05) is 0 Å². The van der Waals surface area contributed by atoms with Crippen molar-refractivity contribution in [2.24, 2.45) is 0 Å². The lowest BCUT2D eigenvalue weighted by atomic mass is 10.1. The molecule has 0 N–H and O–H groups in total. The number of pyridine rings is 1. The lowest BCUT2D eigenvalue weighted by molar-refractivity contribution is 0.628. The molecule has 0 aliphatic carbocycles. The van der Waals surface area contributed by atoms with Gasteiger partial charge in [-0.2, -0.15) is 0 Å². The third-order valence-electron chi connectivity index (χ3n) is 2.74. The van der Waals surface area contributed by atoms with Gasteiger partial charge in [0.15, 0.2) is 0 Å². The van der Waals surface area contributed by atoms with E-state index in [0.29, 0.717) is 0 Å². The molecule has 0 bridgehead atoms. The van der Waals surface area contributed by atoms with Gasteiger partial charge < -0.3 is 0 Å². The van der Waals surface area contributed by atoms with Crippen molar-refractivity contribution in [3.05, 3.63) is 65.4 Å². The molecule has 2 heterocycles. The van der Waals surface area contributed by atoms with Gasteiger partial charge in [0.25, 0.3) is 0 Å². The first-order valence-corrected chi connectivity index (χ1v) is 6.43. The highest BCUT2D eigenvalue weighted by Gasteiger charge is 2.07. The van der Waals surface area contributed by atoms with E-state index in [1.807, 2.05) is 16.7 Å². The first-order valence-electron chi connectivity index (χ1n) is 5.64. The summed E-state index contributed by atoms with van der Waals surface area (Å²) < 4.78 is 15.7. The van der Waals surface area contributed by atoms with Gasteiger partial charge in [-0.3, -0.25) is 4.57 Å². The third kappa shape index (κ3) is 2.42. The average Bonchev–Trinajstić information content (AvgIpc) is 2.90. The van der Waals surface area contributed by atoms with Crippen molar-refractivity contribution in [2.45, 2.75) is 0 Å². The molecule has 0 spiro atoms. The van der Waals surface area contributed by atoms with E-state index in [1.165, 1.54) is 12.1 Å². The number of hydrogen-bond donors (Lipinski definition) is 0. The summed E-state index contributed by atoms with van der Waals surface area (Å²) in [6.07, 6.45) is 5.15. The molecule has 0 saturated heterocycles. The Bertz CT molecular complexity index is 629. The van der Waals surface area contributed by atoms with E-state index >= 15 is 0 Å². The average molecular weight is 318 g/mol. The number of imidazole rings is 1. The number of aromatic nitrogens is 3. The molecule has 94 valence electrons. The Hall–Kier alpha value is -2.01. The molecule has 5 heteroatoms. The van der Waals surface area contributed by atoms with Crippen LogP contribution >= 0.6 is 15.9 Å². The van der Waals surface area contributed by atoms with E-state index in [1.54, 1.807) is 30.9 Å². The predicted molar refractivity (Wildman–Crippen MR) is 74.5 cm³/mol. The van der Waals surface area contributed by atoms with E-state index in [-0.39, 0.29) is 5.82 Å². The second-order valence-electron chi connectivity index (χ2n) is 3.99. The van der Waals surface area contributed by atoms with Crippen LogP contribution in [0.3, 0.4) is 0 Å². The van der Waals surface area contributed by atoms with Gasteiger partial charge >= 0.3 is 0 Å². The van der Waals surface area contributed by atoms with Crippen LogP contribution in [0.25, 0.3) is 17.1 Å². The zero-order valence-electron chi connectivity index (χ0n) is 9.79. The summed E-state index contributed by atoms with van der Waals surface area (Å²) in [5.41, 5.74) is 1.76. The molecular formula is C14H9BrFN3. The second-order valence-corrected chi connectivity index (χ2v) is 4.91. The largest absolute Gasteiger partial charge is 0.283 e. The Morgan fingerprint density at radius 1 is 1.00 bits per heavy atom. The van der Waals surface area contributed by atoms with Gasteiger partial charge in [-0.1, -0.05) is 0 Å². The number of nitrogens with zero attached hydrogens (tertiary/aromatic N) is 3. The molecule has 0 amide bonds. The van der Waals surface area contributed by atoms with Gasteiger partial charge in [-0.05, 0) is 52.3 Å². The molecule has 0 aliphatic rings. The molecule has 0 aliphatic heterocycles. The fraction of sp³-hybridized carbons (Fsp3) is 0. The molecule has 2 aromatic heterocycles. The fourth-order valence-corrected chi connectivity index (χ4v) is 2.06. The summed E-state index contributed by atoms with van der Waals surface area (Å²) in [7, 11) is 0. The molecule has 0 unspecified atom stereocenters.